The van der Waals surface area contributed by atoms with Gasteiger partial charge >= 0.3 is 5.97 Å². The number of fused-ring (bicyclic) bond motifs is 2. The number of epoxide rings is 1. The van der Waals surface area contributed by atoms with Crippen LogP contribution in [0.2, 0.25) is 0 Å². The maximum absolute atomic E-state index is 12.0. The van der Waals surface area contributed by atoms with Gasteiger partial charge in [0.25, 0.3) is 0 Å². The Bertz CT molecular complexity index is 739. The van der Waals surface area contributed by atoms with E-state index < -0.39 is 29.7 Å². The first-order valence-electron chi connectivity index (χ1n) is 11.3. The number of hydrogen-bond donors (Lipinski definition) is 2. The van der Waals surface area contributed by atoms with Gasteiger partial charge in [0.05, 0.1) is 24.2 Å². The minimum absolute atomic E-state index is 0.0249. The molecule has 5 saturated heterocycles. The SMILES string of the molecule is CC(=O)O[C@H]1C[C@@H](C)[C@](C)([C@@H]2C[C@H]3C[C@H](O)O[C@H]3O2)[C@H]2C[C@H]3C[C@]4(CO4)[C@@]12[C@@H](O)O3. The molecular weight excluding hydrogens is 392 g/mol. The van der Waals surface area contributed by atoms with Crippen LogP contribution in [0.25, 0.3) is 0 Å². The van der Waals surface area contributed by atoms with Crippen LogP contribution in [0, 0.1) is 28.6 Å². The Kier molecular flexibility index (Phi) is 4.09. The van der Waals surface area contributed by atoms with Crippen molar-refractivity contribution in [3.05, 3.63) is 0 Å². The molecule has 30 heavy (non-hydrogen) atoms. The molecule has 2 N–H and O–H groups in total. The maximum Gasteiger partial charge on any atom is 0.302 e. The fourth-order valence-electron chi connectivity index (χ4n) is 8.04. The van der Waals surface area contributed by atoms with Gasteiger partial charge in [-0.25, -0.2) is 0 Å². The highest BCUT2D eigenvalue weighted by atomic mass is 16.7. The molecule has 0 aromatic heterocycles. The Hall–Kier alpha value is -0.770. The van der Waals surface area contributed by atoms with Gasteiger partial charge in [-0.2, -0.15) is 0 Å². The first-order valence-corrected chi connectivity index (χ1v) is 11.3. The number of carbonyl (C=O) groups is 1. The van der Waals surface area contributed by atoms with Crippen LogP contribution in [0.15, 0.2) is 0 Å². The fraction of sp³-hybridized carbons (Fsp3) is 0.955. The van der Waals surface area contributed by atoms with Gasteiger partial charge in [0.15, 0.2) is 18.9 Å². The predicted octanol–water partition coefficient (Wildman–Crippen LogP) is 1.32. The van der Waals surface area contributed by atoms with Crippen LogP contribution in [0.1, 0.15) is 52.9 Å². The molecule has 7 aliphatic rings. The summed E-state index contributed by atoms with van der Waals surface area (Å²) in [5.41, 5.74) is -1.56. The Labute approximate surface area is 176 Å². The lowest BCUT2D eigenvalue weighted by Gasteiger charge is -2.68. The van der Waals surface area contributed by atoms with E-state index in [-0.39, 0.29) is 47.6 Å². The van der Waals surface area contributed by atoms with E-state index in [1.54, 1.807) is 0 Å². The largest absolute Gasteiger partial charge is 0.462 e. The van der Waals surface area contributed by atoms with Gasteiger partial charge in [0.2, 0.25) is 0 Å². The second-order valence-electron chi connectivity index (χ2n) is 10.7. The normalized spacial score (nSPS) is 61.0. The average molecular weight is 424 g/mol. The number of rotatable bonds is 2. The molecule has 0 aromatic rings. The van der Waals surface area contributed by atoms with Crippen LogP contribution in [0.4, 0.5) is 0 Å². The lowest BCUT2D eigenvalue weighted by Crippen LogP contribution is -2.76. The van der Waals surface area contributed by atoms with E-state index in [0.717, 1.165) is 19.3 Å². The topological polar surface area (TPSA) is 107 Å². The Morgan fingerprint density at radius 2 is 1.87 bits per heavy atom. The summed E-state index contributed by atoms with van der Waals surface area (Å²) in [6.07, 6.45) is 0.824. The monoisotopic (exact) mass is 424 g/mol. The van der Waals surface area contributed by atoms with E-state index in [2.05, 4.69) is 13.8 Å². The van der Waals surface area contributed by atoms with Crippen molar-refractivity contribution < 1.29 is 38.7 Å². The molecule has 0 unspecified atom stereocenters. The molecule has 0 radical (unpaired) electrons. The number of aliphatic hydroxyl groups is 2. The molecule has 0 aromatic carbocycles. The molecular formula is C22H32O8. The third-order valence-electron chi connectivity index (χ3n) is 9.56. The van der Waals surface area contributed by atoms with Gasteiger partial charge in [0, 0.05) is 31.1 Å². The van der Waals surface area contributed by atoms with Crippen LogP contribution in [-0.2, 0) is 28.5 Å². The molecule has 2 bridgehead atoms. The highest BCUT2D eigenvalue weighted by Crippen LogP contribution is 2.73. The standard InChI is InChI=1S/C22H32O8/c1-10-4-16(27-11(2)23)22-14(7-13(28-19(22)25)8-21(22)9-26-21)20(10,3)15-5-12-6-17(24)30-18(12)29-15/h10,12-19,24-25H,4-9H2,1-3H3/t10-,12+,13+,14-,15+,16+,17-,18-,19+,20+,21+,22-/m1/s1. The zero-order valence-corrected chi connectivity index (χ0v) is 17.8. The summed E-state index contributed by atoms with van der Waals surface area (Å²) >= 11 is 0. The van der Waals surface area contributed by atoms with Gasteiger partial charge < -0.3 is 33.9 Å². The van der Waals surface area contributed by atoms with Gasteiger partial charge in [-0.05, 0) is 31.1 Å². The summed E-state index contributed by atoms with van der Waals surface area (Å²) in [5.74, 6) is 0.0725. The van der Waals surface area contributed by atoms with Crippen LogP contribution >= 0.6 is 0 Å². The van der Waals surface area contributed by atoms with Crippen LogP contribution in [0.3, 0.4) is 0 Å². The predicted molar refractivity (Wildman–Crippen MR) is 101 cm³/mol. The molecule has 5 aliphatic heterocycles. The average Bonchev–Trinajstić information content (AvgIpc) is 3.15. The molecule has 5 heterocycles. The maximum atomic E-state index is 12.0. The van der Waals surface area contributed by atoms with Crippen LogP contribution in [0.5, 0.6) is 0 Å². The lowest BCUT2D eigenvalue weighted by atomic mass is 9.40. The number of hydrogen-bond acceptors (Lipinski definition) is 8. The summed E-state index contributed by atoms with van der Waals surface area (Å²) < 4.78 is 30.0. The Morgan fingerprint density at radius 3 is 2.53 bits per heavy atom. The van der Waals surface area contributed by atoms with Crippen molar-refractivity contribution in [2.45, 2.75) is 95.7 Å². The molecule has 8 nitrogen and oxygen atoms in total. The zero-order chi connectivity index (χ0) is 21.1. The van der Waals surface area contributed by atoms with Crippen molar-refractivity contribution in [2.24, 2.45) is 28.6 Å². The molecule has 8 heteroatoms. The number of aliphatic hydroxyl groups excluding tert-OH is 2. The highest BCUT2D eigenvalue weighted by Gasteiger charge is 2.82. The molecule has 168 valence electrons. The minimum atomic E-state index is -1.03. The van der Waals surface area contributed by atoms with Gasteiger partial charge in [-0.15, -0.1) is 0 Å². The van der Waals surface area contributed by atoms with Crippen LogP contribution in [-0.4, -0.2) is 65.6 Å². The van der Waals surface area contributed by atoms with Gasteiger partial charge in [-0.3, -0.25) is 4.79 Å². The van der Waals surface area contributed by atoms with Crippen molar-refractivity contribution in [2.75, 3.05) is 6.61 Å². The van der Waals surface area contributed by atoms with Crippen molar-refractivity contribution in [1.29, 1.82) is 0 Å². The number of ether oxygens (including phenoxy) is 5. The van der Waals surface area contributed by atoms with Crippen molar-refractivity contribution in [1.82, 2.24) is 0 Å². The van der Waals surface area contributed by atoms with E-state index in [4.69, 9.17) is 23.7 Å². The summed E-state index contributed by atoms with van der Waals surface area (Å²) in [7, 11) is 0. The molecule has 7 rings (SSSR count). The second kappa shape index (κ2) is 6.17. The molecule has 2 aliphatic carbocycles. The van der Waals surface area contributed by atoms with Crippen molar-refractivity contribution in [3.8, 4) is 0 Å². The summed E-state index contributed by atoms with van der Waals surface area (Å²) in [5, 5.41) is 21.1. The smallest absolute Gasteiger partial charge is 0.302 e. The Morgan fingerprint density at radius 1 is 1.10 bits per heavy atom. The Balaban J connectivity index is 1.42. The zero-order valence-electron chi connectivity index (χ0n) is 17.8. The summed E-state index contributed by atoms with van der Waals surface area (Å²) in [4.78, 5) is 12.0. The molecule has 12 atom stereocenters. The summed E-state index contributed by atoms with van der Waals surface area (Å²) in [6, 6.07) is 0. The number of esters is 1. The first kappa shape index (κ1) is 19.9. The first-order chi connectivity index (χ1) is 14.2. The van der Waals surface area contributed by atoms with Gasteiger partial charge in [0.1, 0.15) is 11.7 Å². The van der Waals surface area contributed by atoms with Crippen molar-refractivity contribution in [3.63, 3.8) is 0 Å². The number of carbonyl (C=O) groups excluding carboxylic acids is 1. The third-order valence-corrected chi connectivity index (χ3v) is 9.56. The molecule has 2 saturated carbocycles. The highest BCUT2D eigenvalue weighted by molar-refractivity contribution is 5.66. The van der Waals surface area contributed by atoms with E-state index in [1.807, 2.05) is 0 Å². The molecule has 2 spiro atoms. The van der Waals surface area contributed by atoms with E-state index >= 15 is 0 Å². The molecule has 0 amide bonds. The van der Waals surface area contributed by atoms with E-state index in [1.165, 1.54) is 6.92 Å². The second-order valence-corrected chi connectivity index (χ2v) is 10.7. The quantitative estimate of drug-likeness (QED) is 0.505. The van der Waals surface area contributed by atoms with Gasteiger partial charge in [-0.1, -0.05) is 13.8 Å². The fourth-order valence-corrected chi connectivity index (χ4v) is 8.04. The van der Waals surface area contributed by atoms with E-state index in [9.17, 15) is 15.0 Å². The molecule has 7 fully saturated rings. The summed E-state index contributed by atoms with van der Waals surface area (Å²) in [6.45, 7) is 6.46. The van der Waals surface area contributed by atoms with E-state index in [0.29, 0.717) is 19.4 Å². The lowest BCUT2D eigenvalue weighted by molar-refractivity contribution is -0.375. The third kappa shape index (κ3) is 2.30. The minimum Gasteiger partial charge on any atom is -0.462 e. The van der Waals surface area contributed by atoms with Crippen LogP contribution < -0.4 is 0 Å². The van der Waals surface area contributed by atoms with Crippen molar-refractivity contribution >= 4 is 5.97 Å².